The normalized spacial score (nSPS) is 14.3. The molecule has 50 heavy (non-hydrogen) atoms. The van der Waals surface area contributed by atoms with Crippen LogP contribution in [0.4, 0.5) is 13.2 Å². The molecule has 1 aliphatic heterocycles. The monoisotopic (exact) mass is 695 g/mol. The van der Waals surface area contributed by atoms with Gasteiger partial charge in [-0.3, -0.25) is 24.1 Å². The van der Waals surface area contributed by atoms with Gasteiger partial charge in [0, 0.05) is 50.0 Å². The van der Waals surface area contributed by atoms with E-state index in [0.717, 1.165) is 28.7 Å². The molecule has 0 bridgehead atoms. The number of benzene rings is 2. The maximum atomic E-state index is 14.9. The number of hydrogen-bond acceptors (Lipinski definition) is 6. The lowest BCUT2D eigenvalue weighted by Gasteiger charge is -2.40. The van der Waals surface area contributed by atoms with Gasteiger partial charge < -0.3 is 19.9 Å². The Morgan fingerprint density at radius 1 is 1.00 bits per heavy atom. The Bertz CT molecular complexity index is 1670. The second kappa shape index (κ2) is 17.2. The topological polar surface area (TPSA) is 125 Å². The van der Waals surface area contributed by atoms with E-state index in [-0.39, 0.29) is 54.9 Å². The van der Waals surface area contributed by atoms with E-state index in [4.69, 9.17) is 4.98 Å². The average Bonchev–Trinajstić information content (AvgIpc) is 3.63. The number of nitrogens with one attached hydrogen (secondary N) is 1. The first-order valence-electron chi connectivity index (χ1n) is 16.7. The van der Waals surface area contributed by atoms with Crippen molar-refractivity contribution in [2.75, 3.05) is 26.4 Å². The van der Waals surface area contributed by atoms with Gasteiger partial charge >= 0.3 is 0 Å². The number of aromatic nitrogens is 2. The molecule has 0 spiro atoms. The van der Waals surface area contributed by atoms with Crippen LogP contribution < -0.4 is 5.32 Å². The van der Waals surface area contributed by atoms with Gasteiger partial charge in [-0.05, 0) is 48.4 Å². The second-order valence-electron chi connectivity index (χ2n) is 13.4. The van der Waals surface area contributed by atoms with Gasteiger partial charge in [0.15, 0.2) is 0 Å². The quantitative estimate of drug-likeness (QED) is 0.149. The molecule has 0 saturated heterocycles. The Hall–Kier alpha value is -4.78. The van der Waals surface area contributed by atoms with E-state index in [1.807, 2.05) is 51.1 Å². The zero-order valence-electron chi connectivity index (χ0n) is 28.6. The van der Waals surface area contributed by atoms with Crippen molar-refractivity contribution >= 4 is 23.6 Å². The molecule has 13 heteroatoms. The number of rotatable bonds is 17. The lowest BCUT2D eigenvalue weighted by molar-refractivity contribution is -0.140. The molecule has 2 atom stereocenters. The minimum absolute atomic E-state index is 0.0253. The van der Waals surface area contributed by atoms with Crippen LogP contribution in [-0.4, -0.2) is 80.5 Å². The van der Waals surface area contributed by atoms with Crippen molar-refractivity contribution in [1.82, 2.24) is 24.7 Å². The van der Waals surface area contributed by atoms with E-state index in [2.05, 4.69) is 5.32 Å². The molecule has 4 rings (SSSR count). The summed E-state index contributed by atoms with van der Waals surface area (Å²) in [5.41, 5.74) is 0.279. The molecular weight excluding hydrogens is 651 g/mol. The van der Waals surface area contributed by atoms with Crippen LogP contribution in [0.25, 0.3) is 11.3 Å². The first-order valence-corrected chi connectivity index (χ1v) is 16.7. The molecule has 2 heterocycles. The van der Waals surface area contributed by atoms with E-state index < -0.39 is 48.3 Å². The number of imide groups is 1. The van der Waals surface area contributed by atoms with Crippen LogP contribution in [-0.2, 0) is 25.7 Å². The van der Waals surface area contributed by atoms with E-state index in [1.165, 1.54) is 17.1 Å². The number of imidazole rings is 1. The molecule has 1 aliphatic rings. The van der Waals surface area contributed by atoms with Crippen molar-refractivity contribution in [3.05, 3.63) is 89.9 Å². The first kappa shape index (κ1) is 38.0. The molecule has 0 aliphatic carbocycles. The predicted molar refractivity (Wildman–Crippen MR) is 181 cm³/mol. The smallest absolute Gasteiger partial charge is 0.253 e. The highest BCUT2D eigenvalue weighted by molar-refractivity contribution is 6.12. The van der Waals surface area contributed by atoms with Gasteiger partial charge in [-0.25, -0.2) is 18.2 Å². The first-order chi connectivity index (χ1) is 23.8. The van der Waals surface area contributed by atoms with Gasteiger partial charge in [0.25, 0.3) is 11.8 Å². The van der Waals surface area contributed by atoms with Crippen molar-refractivity contribution in [3.8, 4) is 11.3 Å². The lowest BCUT2D eigenvalue weighted by Crippen LogP contribution is -2.46. The molecule has 0 radical (unpaired) electrons. The molecule has 3 aromatic rings. The number of aliphatic hydroxyl groups is 1. The van der Waals surface area contributed by atoms with E-state index in [1.54, 1.807) is 10.8 Å². The Balaban J connectivity index is 1.52. The Morgan fingerprint density at radius 3 is 2.34 bits per heavy atom. The molecule has 4 amide bonds. The number of halogens is 3. The highest BCUT2D eigenvalue weighted by atomic mass is 19.1. The summed E-state index contributed by atoms with van der Waals surface area (Å²) in [6, 6.07) is 10.7. The fourth-order valence-corrected chi connectivity index (χ4v) is 6.03. The van der Waals surface area contributed by atoms with Crippen molar-refractivity contribution in [1.29, 1.82) is 0 Å². The number of alkyl halides is 1. The molecule has 0 fully saturated rings. The zero-order chi connectivity index (χ0) is 36.4. The van der Waals surface area contributed by atoms with E-state index in [9.17, 15) is 37.5 Å². The fourth-order valence-electron chi connectivity index (χ4n) is 6.03. The molecule has 268 valence electrons. The van der Waals surface area contributed by atoms with E-state index >= 15 is 0 Å². The van der Waals surface area contributed by atoms with Gasteiger partial charge in [-0.2, -0.15) is 0 Å². The maximum Gasteiger partial charge on any atom is 0.253 e. The molecular formula is C37H44F3N5O5. The van der Waals surface area contributed by atoms with Crippen molar-refractivity contribution < 1.29 is 37.5 Å². The van der Waals surface area contributed by atoms with Crippen molar-refractivity contribution in [2.24, 2.45) is 5.41 Å². The van der Waals surface area contributed by atoms with Crippen LogP contribution in [0, 0.1) is 17.0 Å². The summed E-state index contributed by atoms with van der Waals surface area (Å²) in [7, 11) is 0. The Kier molecular flexibility index (Phi) is 13.1. The maximum absolute atomic E-state index is 14.9. The molecule has 0 unspecified atom stereocenters. The number of carbonyl (C=O) groups is 4. The number of hydrogen-bond donors (Lipinski definition) is 2. The van der Waals surface area contributed by atoms with Gasteiger partial charge in [0.2, 0.25) is 11.8 Å². The molecule has 1 aromatic heterocycles. The lowest BCUT2D eigenvalue weighted by atomic mass is 9.84. The summed E-state index contributed by atoms with van der Waals surface area (Å²) in [6.07, 6.45) is 5.74. The van der Waals surface area contributed by atoms with Gasteiger partial charge in [0.1, 0.15) is 30.7 Å². The summed E-state index contributed by atoms with van der Waals surface area (Å²) in [5.74, 6) is -2.70. The predicted octanol–water partition coefficient (Wildman–Crippen LogP) is 5.11. The number of aliphatic hydroxyl groups excluding tert-OH is 1. The Morgan fingerprint density at radius 2 is 1.70 bits per heavy atom. The van der Waals surface area contributed by atoms with Gasteiger partial charge in [0.05, 0.1) is 17.8 Å². The molecule has 2 aromatic carbocycles. The number of carbonyl (C=O) groups excluding carboxylic acids is 4. The van der Waals surface area contributed by atoms with Crippen LogP contribution in [0.5, 0.6) is 0 Å². The average molecular weight is 696 g/mol. The van der Waals surface area contributed by atoms with Gasteiger partial charge in [-0.1, -0.05) is 57.5 Å². The minimum atomic E-state index is -0.927. The summed E-state index contributed by atoms with van der Waals surface area (Å²) in [5, 5.41) is 12.7. The minimum Gasteiger partial charge on any atom is -0.387 e. The number of amides is 4. The number of nitrogens with zero attached hydrogens (tertiary/aromatic N) is 4. The highest BCUT2D eigenvalue weighted by Gasteiger charge is 2.38. The standard InChI is InChI=1S/C37H44F3N5O5/c1-37(2,3)35(36-42-30(28-20-26(39)13-14-29(28)40)23-43(36)22-25-10-6-4-7-11-25)45(34(50)24-46)19-17-27(21-38)41-31(47)12-8-5-9-18-44-32(48)15-16-33(44)49/h4,6-7,10-11,13-16,20,23,27,35,46H,5,8-9,12,17-19,21-22,24H2,1-3H3,(H,41,47)/t27-,35-/m0/s1. The third-order valence-corrected chi connectivity index (χ3v) is 8.50. The summed E-state index contributed by atoms with van der Waals surface area (Å²) in [6.45, 7) is 4.38. The third-order valence-electron chi connectivity index (χ3n) is 8.50. The molecule has 2 N–H and O–H groups in total. The molecule has 0 saturated carbocycles. The zero-order valence-corrected chi connectivity index (χ0v) is 28.6. The van der Waals surface area contributed by atoms with Crippen LogP contribution in [0.2, 0.25) is 0 Å². The summed E-state index contributed by atoms with van der Waals surface area (Å²) < 4.78 is 45.2. The number of unbranched alkanes of at least 4 members (excludes halogenated alkanes) is 2. The van der Waals surface area contributed by atoms with Crippen LogP contribution in [0.3, 0.4) is 0 Å². The summed E-state index contributed by atoms with van der Waals surface area (Å²) >= 11 is 0. The van der Waals surface area contributed by atoms with Crippen molar-refractivity contribution in [2.45, 2.75) is 71.5 Å². The summed E-state index contributed by atoms with van der Waals surface area (Å²) in [4.78, 5) is 56.7. The van der Waals surface area contributed by atoms with Gasteiger partial charge in [-0.15, -0.1) is 0 Å². The molecule has 10 nitrogen and oxygen atoms in total. The second-order valence-corrected chi connectivity index (χ2v) is 13.4. The van der Waals surface area contributed by atoms with Crippen LogP contribution in [0.1, 0.15) is 70.3 Å². The SMILES string of the molecule is CC(C)(C)[C@H](c1nc(-c2cc(F)ccc2F)cn1Cc1ccccc1)N(CC[C@@H](CF)NC(=O)CCCCCN1C(=O)C=CC1=O)C(=O)CO. The third kappa shape index (κ3) is 9.90. The van der Waals surface area contributed by atoms with Crippen molar-refractivity contribution in [3.63, 3.8) is 0 Å². The Labute approximate surface area is 290 Å². The van der Waals surface area contributed by atoms with E-state index in [0.29, 0.717) is 31.6 Å². The fraction of sp³-hybridized carbons (Fsp3) is 0.432. The van der Waals surface area contributed by atoms with Crippen LogP contribution in [0.15, 0.2) is 66.9 Å². The largest absolute Gasteiger partial charge is 0.387 e. The van der Waals surface area contributed by atoms with Crippen LogP contribution >= 0.6 is 0 Å². The highest BCUT2D eigenvalue weighted by Crippen LogP contribution is 2.39.